The maximum atomic E-state index is 8.28. The molecule has 0 saturated carbocycles. The number of hydrogen-bond donors (Lipinski definition) is 0. The standard InChI is InChI=1S/Al.Hf.O.Ta.H. The third kappa shape index (κ3) is 9.05. The van der Waals surface area contributed by atoms with Crippen LogP contribution in [0.1, 0.15) is 0 Å². The number of hydrogen-bond acceptors (Lipinski definition) is 1. The second kappa shape index (κ2) is 20.4. The van der Waals surface area contributed by atoms with Crippen LogP contribution in [0.25, 0.3) is 0 Å². The van der Waals surface area contributed by atoms with Crippen LogP contribution in [0.5, 0.6) is 0 Å². The Bertz CT molecular complexity index is 8.00. The first kappa shape index (κ1) is 16.8. The molecule has 0 spiro atoms. The Kier molecular flexibility index (Phi) is 85.3. The predicted octanol–water partition coefficient (Wildman–Crippen LogP) is -0.772. The molecule has 0 atom stereocenters. The van der Waals surface area contributed by atoms with Crippen LogP contribution in [0.15, 0.2) is 0 Å². The van der Waals surface area contributed by atoms with E-state index < -0.39 is 0 Å². The molecule has 0 aromatic rings. The van der Waals surface area contributed by atoms with Crippen LogP contribution < -0.4 is 0 Å². The molecule has 0 heterocycles. The van der Waals surface area contributed by atoms with E-state index in [4.69, 9.17) is 3.80 Å². The minimum atomic E-state index is 0. The van der Waals surface area contributed by atoms with Crippen molar-refractivity contribution < 1.29 is 52.0 Å². The van der Waals surface area contributed by atoms with Gasteiger partial charge in [0, 0.05) is 48.2 Å². The van der Waals surface area contributed by atoms with E-state index in [9.17, 15) is 0 Å². The van der Waals surface area contributed by atoms with E-state index in [1.54, 1.807) is 0 Å². The van der Waals surface area contributed by atoms with Crippen LogP contribution in [0.3, 0.4) is 0 Å². The normalized spacial score (nSPS) is 0.750. The molecule has 0 bridgehead atoms. The largest absolute Gasteiger partial charge is 0 e. The quantitative estimate of drug-likeness (QED) is 0.486. The Balaban J connectivity index is -0.00000000500. The summed E-state index contributed by atoms with van der Waals surface area (Å²) in [5.74, 6) is 0. The Hall–Kier alpha value is 1.94. The van der Waals surface area contributed by atoms with Gasteiger partial charge >= 0.3 is 20.0 Å². The summed E-state index contributed by atoms with van der Waals surface area (Å²) in [5, 5.41) is 0. The van der Waals surface area contributed by atoms with Crippen molar-refractivity contribution in [3.05, 3.63) is 0 Å². The first-order valence-corrected chi connectivity index (χ1v) is 0.866. The molecule has 0 amide bonds. The molecule has 4 heavy (non-hydrogen) atoms. The van der Waals surface area contributed by atoms with Gasteiger partial charge in [-0.25, -0.2) is 0 Å². The van der Waals surface area contributed by atoms with Crippen LogP contribution in [0, 0.1) is 0 Å². The van der Waals surface area contributed by atoms with Gasteiger partial charge in [-0.2, -0.15) is 0 Å². The summed E-state index contributed by atoms with van der Waals surface area (Å²) in [6.45, 7) is 0. The summed E-state index contributed by atoms with van der Waals surface area (Å²) in [7, 11) is 0. The zero-order chi connectivity index (χ0) is 2.00. The van der Waals surface area contributed by atoms with E-state index in [1.165, 1.54) is 0 Å². The summed E-state index contributed by atoms with van der Waals surface area (Å²) < 4.78 is 8.28. The maximum absolute atomic E-state index is 8.28. The third-order valence-electron chi connectivity index (χ3n) is 0. The molecule has 0 fully saturated rings. The summed E-state index contributed by atoms with van der Waals surface area (Å²) in [5.41, 5.74) is 0. The van der Waals surface area contributed by atoms with E-state index in [0.29, 0.717) is 16.2 Å². The van der Waals surface area contributed by atoms with Crippen molar-refractivity contribution in [2.24, 2.45) is 0 Å². The average Bonchev–Trinajstić information content (AvgIpc) is 1.00. The molecule has 0 unspecified atom stereocenters. The SMILES string of the molecule is [Hf].[O]=[AlH].[Ta]. The summed E-state index contributed by atoms with van der Waals surface area (Å²) in [6.07, 6.45) is 0. The van der Waals surface area contributed by atoms with Crippen LogP contribution in [0.4, 0.5) is 0 Å². The van der Waals surface area contributed by atoms with Crippen LogP contribution >= 0.6 is 0 Å². The predicted molar refractivity (Wildman–Crippen MR) is 7.84 cm³/mol. The zero-order valence-electron chi connectivity index (χ0n) is 2.06. The zero-order valence-corrected chi connectivity index (χ0v) is 10.3. The van der Waals surface area contributed by atoms with Gasteiger partial charge < -0.3 is 0 Å². The smallest absolute Gasteiger partial charge is 0 e. The molecular formula is HAlHfOTa. The molecule has 1 radical (unpaired) electrons. The van der Waals surface area contributed by atoms with Crippen molar-refractivity contribution in [2.45, 2.75) is 0 Å². The van der Waals surface area contributed by atoms with E-state index in [-0.39, 0.29) is 48.2 Å². The van der Waals surface area contributed by atoms with Gasteiger partial charge in [-0.15, -0.1) is 0 Å². The van der Waals surface area contributed by atoms with Crippen molar-refractivity contribution in [3.63, 3.8) is 0 Å². The molecule has 1 nitrogen and oxygen atoms in total. The van der Waals surface area contributed by atoms with Gasteiger partial charge in [-0.1, -0.05) is 0 Å². The monoisotopic (exact) mass is 405 g/mol. The fourth-order valence-electron chi connectivity index (χ4n) is 0. The van der Waals surface area contributed by atoms with Crippen LogP contribution in [0.2, 0.25) is 0 Å². The molecule has 0 aromatic carbocycles. The summed E-state index contributed by atoms with van der Waals surface area (Å²) >= 11 is 0.611. The van der Waals surface area contributed by atoms with Gasteiger partial charge in [0.2, 0.25) is 0 Å². The third-order valence-corrected chi connectivity index (χ3v) is 0. The average molecular weight is 403 g/mol. The van der Waals surface area contributed by atoms with Crippen molar-refractivity contribution >= 4 is 16.2 Å². The second-order valence-corrected chi connectivity index (χ2v) is 0. The van der Waals surface area contributed by atoms with Crippen molar-refractivity contribution in [2.75, 3.05) is 0 Å². The van der Waals surface area contributed by atoms with E-state index >= 15 is 0 Å². The minimum absolute atomic E-state index is 0. The van der Waals surface area contributed by atoms with Gasteiger partial charge in [0.15, 0.2) is 0 Å². The molecule has 0 N–H and O–H groups in total. The summed E-state index contributed by atoms with van der Waals surface area (Å²) in [4.78, 5) is 0. The molecule has 0 rings (SSSR count). The summed E-state index contributed by atoms with van der Waals surface area (Å²) in [6, 6.07) is 0. The van der Waals surface area contributed by atoms with Crippen molar-refractivity contribution in [3.8, 4) is 0 Å². The Morgan fingerprint density at radius 2 is 1.25 bits per heavy atom. The first-order valence-electron chi connectivity index (χ1n) is 0.289. The van der Waals surface area contributed by atoms with E-state index in [2.05, 4.69) is 0 Å². The molecule has 19 valence electrons. The van der Waals surface area contributed by atoms with Crippen LogP contribution in [-0.4, -0.2) is 16.2 Å². The molecule has 0 aliphatic rings. The van der Waals surface area contributed by atoms with Gasteiger partial charge in [-0.05, 0) is 0 Å². The van der Waals surface area contributed by atoms with E-state index in [0.717, 1.165) is 0 Å². The molecule has 0 aromatic heterocycles. The molecule has 0 saturated heterocycles. The number of rotatable bonds is 0. The Morgan fingerprint density at radius 1 is 1.25 bits per heavy atom. The molecule has 0 aliphatic heterocycles. The fourth-order valence-corrected chi connectivity index (χ4v) is 0. The minimum Gasteiger partial charge on any atom is 0 e. The molecule has 4 heteroatoms. The topological polar surface area (TPSA) is 17.1 Å². The van der Waals surface area contributed by atoms with E-state index in [1.807, 2.05) is 0 Å². The van der Waals surface area contributed by atoms with Gasteiger partial charge in [-0.3, -0.25) is 0 Å². The second-order valence-electron chi connectivity index (χ2n) is 0. The Morgan fingerprint density at radius 3 is 1.25 bits per heavy atom. The van der Waals surface area contributed by atoms with Gasteiger partial charge in [0.05, 0.1) is 0 Å². The maximum Gasteiger partial charge on any atom is 0 e. The van der Waals surface area contributed by atoms with Crippen molar-refractivity contribution in [1.82, 2.24) is 0 Å². The molecule has 0 aliphatic carbocycles. The first-order chi connectivity index (χ1) is 1.00. The van der Waals surface area contributed by atoms with Crippen LogP contribution in [-0.2, 0) is 52.0 Å². The molecular weight excluding hydrogens is 402 g/mol. The fraction of sp³-hybridized carbons (Fsp3) is 0. The van der Waals surface area contributed by atoms with Crippen molar-refractivity contribution in [1.29, 1.82) is 0 Å². The van der Waals surface area contributed by atoms with Gasteiger partial charge in [0.25, 0.3) is 0 Å². The Labute approximate surface area is 67.5 Å². The van der Waals surface area contributed by atoms with Gasteiger partial charge in [0.1, 0.15) is 0 Å².